The predicted octanol–water partition coefficient (Wildman–Crippen LogP) is 5.59. The summed E-state index contributed by atoms with van der Waals surface area (Å²) in [7, 11) is 1.58. The van der Waals surface area contributed by atoms with Gasteiger partial charge in [0.2, 0.25) is 11.8 Å². The lowest BCUT2D eigenvalue weighted by Gasteiger charge is -2.39. The number of benzene rings is 3. The Morgan fingerprint density at radius 1 is 0.923 bits per heavy atom. The maximum atomic E-state index is 15.2. The van der Waals surface area contributed by atoms with Gasteiger partial charge in [-0.15, -0.1) is 13.2 Å². The molecule has 3 fully saturated rings. The third-order valence-corrected chi connectivity index (χ3v) is 11.0. The number of aliphatic hydroxyl groups is 1. The van der Waals surface area contributed by atoms with Crippen molar-refractivity contribution in [3.8, 4) is 11.5 Å². The van der Waals surface area contributed by atoms with Crippen LogP contribution in [0.3, 0.4) is 0 Å². The molecule has 1 spiro atoms. The number of ether oxygens (including phenoxy) is 3. The first-order valence-corrected chi connectivity index (χ1v) is 18.1. The third-order valence-electron chi connectivity index (χ3n) is 11.0. The number of nitrogens with zero attached hydrogens (tertiary/aromatic N) is 3. The number of carbonyl (C=O) groups excluding carboxylic acids is 3. The molecule has 1 N–H and O–H groups in total. The van der Waals surface area contributed by atoms with Crippen LogP contribution in [0.5, 0.6) is 11.5 Å². The molecular formula is C42H49N3O7. The van der Waals surface area contributed by atoms with Crippen molar-refractivity contribution < 1.29 is 33.7 Å². The number of likely N-dealkylation sites (tertiary alicyclic amines) is 1. The average Bonchev–Trinajstić information content (AvgIpc) is 3.79. The van der Waals surface area contributed by atoms with Crippen LogP contribution in [-0.2, 0) is 25.5 Å². The second-order valence-corrected chi connectivity index (χ2v) is 13.7. The number of anilines is 2. The molecule has 2 unspecified atom stereocenters. The highest BCUT2D eigenvalue weighted by Gasteiger charge is 2.79. The van der Waals surface area contributed by atoms with Crippen LogP contribution in [0.4, 0.5) is 11.4 Å². The van der Waals surface area contributed by atoms with E-state index in [0.717, 1.165) is 5.56 Å². The smallest absolute Gasteiger partial charge is 0.253 e. The number of methoxy groups -OCH3 is 1. The first-order chi connectivity index (χ1) is 25.2. The van der Waals surface area contributed by atoms with E-state index in [4.69, 9.17) is 14.2 Å². The van der Waals surface area contributed by atoms with E-state index >= 15 is 14.4 Å². The van der Waals surface area contributed by atoms with Crippen LogP contribution >= 0.6 is 0 Å². The normalized spacial score (nSPS) is 25.0. The molecular weight excluding hydrogens is 658 g/mol. The minimum Gasteiger partial charge on any atom is -0.497 e. The van der Waals surface area contributed by atoms with E-state index in [2.05, 4.69) is 13.2 Å². The van der Waals surface area contributed by atoms with Gasteiger partial charge in [0.05, 0.1) is 43.8 Å². The Morgan fingerprint density at radius 2 is 1.52 bits per heavy atom. The average molecular weight is 708 g/mol. The summed E-state index contributed by atoms with van der Waals surface area (Å²) in [6, 6.07) is 22.1. The van der Waals surface area contributed by atoms with Gasteiger partial charge in [-0.2, -0.15) is 0 Å². The molecule has 3 aliphatic rings. The molecule has 3 aliphatic heterocycles. The maximum Gasteiger partial charge on any atom is 0.253 e. The van der Waals surface area contributed by atoms with Crippen molar-refractivity contribution in [1.29, 1.82) is 0 Å². The Morgan fingerprint density at radius 3 is 2.06 bits per heavy atom. The van der Waals surface area contributed by atoms with Crippen LogP contribution in [0.2, 0.25) is 0 Å². The van der Waals surface area contributed by atoms with Crippen molar-refractivity contribution in [3.05, 3.63) is 110 Å². The monoisotopic (exact) mass is 707 g/mol. The molecule has 3 aromatic carbocycles. The molecule has 6 rings (SSSR count). The first-order valence-electron chi connectivity index (χ1n) is 18.1. The second-order valence-electron chi connectivity index (χ2n) is 13.7. The van der Waals surface area contributed by atoms with Crippen molar-refractivity contribution >= 4 is 29.1 Å². The topological polar surface area (TPSA) is 109 Å². The van der Waals surface area contributed by atoms with E-state index in [1.807, 2.05) is 68.4 Å². The number of amides is 3. The Kier molecular flexibility index (Phi) is 10.9. The fourth-order valence-electron chi connectivity index (χ4n) is 8.71. The van der Waals surface area contributed by atoms with Gasteiger partial charge in [-0.1, -0.05) is 49.4 Å². The molecule has 274 valence electrons. The quantitative estimate of drug-likeness (QED) is 0.194. The molecule has 2 bridgehead atoms. The fraction of sp³-hybridized carbons (Fsp3) is 0.405. The summed E-state index contributed by atoms with van der Waals surface area (Å²) in [6.07, 6.45) is 5.00. The zero-order valence-electron chi connectivity index (χ0n) is 30.3. The zero-order chi connectivity index (χ0) is 37.0. The van der Waals surface area contributed by atoms with Crippen LogP contribution in [0.1, 0.15) is 38.7 Å². The van der Waals surface area contributed by atoms with Crippen LogP contribution in [0, 0.1) is 11.8 Å². The number of hydrogen-bond donors (Lipinski definition) is 1. The van der Waals surface area contributed by atoms with Gasteiger partial charge in [0.1, 0.15) is 23.1 Å². The van der Waals surface area contributed by atoms with Gasteiger partial charge in [-0.3, -0.25) is 14.4 Å². The molecule has 0 aromatic heterocycles. The summed E-state index contributed by atoms with van der Waals surface area (Å²) < 4.78 is 18.1. The number of fused-ring (bicyclic) bond motifs is 1. The van der Waals surface area contributed by atoms with Gasteiger partial charge in [0.15, 0.2) is 0 Å². The highest BCUT2D eigenvalue weighted by Crippen LogP contribution is 2.65. The molecule has 10 nitrogen and oxygen atoms in total. The van der Waals surface area contributed by atoms with E-state index in [9.17, 15) is 5.11 Å². The lowest BCUT2D eigenvalue weighted by molar-refractivity contribution is -0.149. The van der Waals surface area contributed by atoms with Crippen molar-refractivity contribution in [2.24, 2.45) is 11.8 Å². The van der Waals surface area contributed by atoms with E-state index < -0.39 is 35.1 Å². The van der Waals surface area contributed by atoms with E-state index in [1.165, 1.54) is 0 Å². The van der Waals surface area contributed by atoms with Gasteiger partial charge in [0, 0.05) is 24.5 Å². The number of hydrogen-bond acceptors (Lipinski definition) is 7. The number of carbonyl (C=O) groups is 3. The second kappa shape index (κ2) is 15.4. The highest BCUT2D eigenvalue weighted by atomic mass is 16.5. The summed E-state index contributed by atoms with van der Waals surface area (Å²) in [5.74, 6) is -1.50. The first kappa shape index (κ1) is 36.8. The zero-order valence-corrected chi connectivity index (χ0v) is 30.3. The van der Waals surface area contributed by atoms with Crippen LogP contribution < -0.4 is 19.3 Å². The largest absolute Gasteiger partial charge is 0.497 e. The lowest BCUT2D eigenvalue weighted by atomic mass is 9.64. The van der Waals surface area contributed by atoms with Crippen LogP contribution in [0.15, 0.2) is 104 Å². The minimum absolute atomic E-state index is 0.166. The van der Waals surface area contributed by atoms with Crippen LogP contribution in [-0.4, -0.2) is 84.4 Å². The van der Waals surface area contributed by atoms with Gasteiger partial charge in [-0.05, 0) is 86.7 Å². The Balaban J connectivity index is 1.47. The molecule has 3 amide bonds. The van der Waals surface area contributed by atoms with Gasteiger partial charge >= 0.3 is 0 Å². The highest BCUT2D eigenvalue weighted by molar-refractivity contribution is 6.07. The molecule has 0 saturated carbocycles. The van der Waals surface area contributed by atoms with Gasteiger partial charge in [-0.25, -0.2) is 0 Å². The van der Waals surface area contributed by atoms with Crippen molar-refractivity contribution in [1.82, 2.24) is 4.90 Å². The SMILES string of the molecule is C=CCN(C(=O)C1N([C@@H](CO)Cc2ccccc2)C(=O)[C@@H]2[C@@H](C(=O)N(CC=C)c3ccc(OCC)cc3)[C@@]3(CC)CCC12O3)c1ccc(OC)cc1. The van der Waals surface area contributed by atoms with Crippen LogP contribution in [0.25, 0.3) is 0 Å². The Labute approximate surface area is 306 Å². The van der Waals surface area contributed by atoms with E-state index in [0.29, 0.717) is 55.2 Å². The molecule has 3 aromatic rings. The number of rotatable bonds is 16. The van der Waals surface area contributed by atoms with E-state index in [-0.39, 0.29) is 37.4 Å². The summed E-state index contributed by atoms with van der Waals surface area (Å²) in [5.41, 5.74) is -0.132. The Bertz CT molecular complexity index is 1760. The minimum atomic E-state index is -1.31. The fourth-order valence-corrected chi connectivity index (χ4v) is 8.71. The third kappa shape index (κ3) is 6.28. The van der Waals surface area contributed by atoms with Crippen molar-refractivity contribution in [2.75, 3.05) is 43.2 Å². The maximum absolute atomic E-state index is 15.2. The van der Waals surface area contributed by atoms with Gasteiger partial charge < -0.3 is 34.0 Å². The van der Waals surface area contributed by atoms with Crippen molar-refractivity contribution in [2.45, 2.75) is 62.8 Å². The van der Waals surface area contributed by atoms with Gasteiger partial charge in [0.25, 0.3) is 5.91 Å². The lowest BCUT2D eigenvalue weighted by Crippen LogP contribution is -2.59. The molecule has 10 heteroatoms. The molecule has 0 aliphatic carbocycles. The van der Waals surface area contributed by atoms with Crippen molar-refractivity contribution in [3.63, 3.8) is 0 Å². The predicted molar refractivity (Wildman–Crippen MR) is 200 cm³/mol. The molecule has 6 atom stereocenters. The molecule has 52 heavy (non-hydrogen) atoms. The summed E-state index contributed by atoms with van der Waals surface area (Å²) in [4.78, 5) is 50.3. The Hall–Kier alpha value is -4.93. The standard InChI is InChI=1S/C42H49N3O7/c1-6-25-43(30-17-21-34(22-18-30)51-9-4)38(47)35-36-39(48)45(32(28-46)27-29-13-11-10-12-14-29)37(42(36)24-23-41(35,8-3)52-42)40(49)44(26-7-2)31-15-19-33(50-5)20-16-31/h6-7,10-22,32,35-37,46H,1-2,8-9,23-28H2,3-5H3/t32-,35+,36+,37?,41-,42?/m1/s1. The summed E-state index contributed by atoms with van der Waals surface area (Å²) in [5, 5.41) is 11.0. The summed E-state index contributed by atoms with van der Waals surface area (Å²) >= 11 is 0. The van der Waals surface area contributed by atoms with E-state index in [1.54, 1.807) is 58.2 Å². The molecule has 0 radical (unpaired) electrons. The summed E-state index contributed by atoms with van der Waals surface area (Å²) in [6.45, 7) is 12.2. The molecule has 3 heterocycles. The number of aliphatic hydroxyl groups excluding tert-OH is 1. The molecule has 3 saturated heterocycles.